The van der Waals surface area contributed by atoms with Crippen LogP contribution in [-0.4, -0.2) is 35.9 Å². The zero-order valence-electron chi connectivity index (χ0n) is 18.9. The van der Waals surface area contributed by atoms with Crippen molar-refractivity contribution in [1.29, 1.82) is 0 Å². The Bertz CT molecular complexity index is 1180. The summed E-state index contributed by atoms with van der Waals surface area (Å²) in [4.78, 5) is 27.7. The number of carbonyl (C=O) groups excluding carboxylic acids is 2. The summed E-state index contributed by atoms with van der Waals surface area (Å²) >= 11 is 6.18. The number of hydrogen-bond donors (Lipinski definition) is 1. The van der Waals surface area contributed by atoms with E-state index in [1.54, 1.807) is 29.2 Å². The number of nitrogens with one attached hydrogen (secondary N) is 1. The Morgan fingerprint density at radius 3 is 2.37 bits per heavy atom. The molecule has 182 valence electrons. The van der Waals surface area contributed by atoms with Crippen molar-refractivity contribution < 1.29 is 23.1 Å². The molecule has 35 heavy (non-hydrogen) atoms. The van der Waals surface area contributed by atoms with Gasteiger partial charge in [-0.3, -0.25) is 9.59 Å². The van der Waals surface area contributed by atoms with Crippen molar-refractivity contribution in [2.45, 2.75) is 31.4 Å². The van der Waals surface area contributed by atoms with Crippen LogP contribution in [0.2, 0.25) is 5.02 Å². The number of halogens is 3. The van der Waals surface area contributed by atoms with Crippen LogP contribution in [0.15, 0.2) is 72.8 Å². The Labute approximate surface area is 207 Å². The van der Waals surface area contributed by atoms with E-state index in [9.17, 15) is 18.4 Å². The highest BCUT2D eigenvalue weighted by Gasteiger charge is 2.28. The first-order chi connectivity index (χ1) is 16.9. The molecule has 8 heteroatoms. The summed E-state index contributed by atoms with van der Waals surface area (Å²) in [5, 5.41) is 3.28. The molecule has 1 N–H and O–H groups in total. The minimum Gasteiger partial charge on any atom is -0.487 e. The van der Waals surface area contributed by atoms with Crippen LogP contribution in [0.1, 0.15) is 41.2 Å². The second-order valence-electron chi connectivity index (χ2n) is 8.39. The van der Waals surface area contributed by atoms with Gasteiger partial charge in [0.05, 0.1) is 23.0 Å². The summed E-state index contributed by atoms with van der Waals surface area (Å²) in [5.41, 5.74) is 1.15. The Kier molecular flexibility index (Phi) is 7.98. The first kappa shape index (κ1) is 24.7. The number of likely N-dealkylation sites (tertiary alicyclic amines) is 1. The molecular formula is C27H25ClF2N2O3. The highest BCUT2D eigenvalue weighted by molar-refractivity contribution is 6.33. The monoisotopic (exact) mass is 498 g/mol. The van der Waals surface area contributed by atoms with Crippen LogP contribution in [0, 0.1) is 11.6 Å². The van der Waals surface area contributed by atoms with Gasteiger partial charge < -0.3 is 15.0 Å². The van der Waals surface area contributed by atoms with Crippen LogP contribution in [0.25, 0.3) is 0 Å². The lowest BCUT2D eigenvalue weighted by Gasteiger charge is -2.33. The molecule has 0 aromatic heterocycles. The van der Waals surface area contributed by atoms with Crippen molar-refractivity contribution >= 4 is 23.4 Å². The first-order valence-electron chi connectivity index (χ1n) is 11.4. The molecule has 0 spiro atoms. The number of amides is 2. The van der Waals surface area contributed by atoms with E-state index in [4.69, 9.17) is 16.3 Å². The molecule has 1 saturated heterocycles. The van der Waals surface area contributed by atoms with Gasteiger partial charge in [-0.1, -0.05) is 54.1 Å². The summed E-state index contributed by atoms with van der Waals surface area (Å²) in [6.45, 7) is 0.874. The lowest BCUT2D eigenvalue weighted by Crippen LogP contribution is -2.43. The van der Waals surface area contributed by atoms with Gasteiger partial charge in [-0.05, 0) is 29.8 Å². The maximum absolute atomic E-state index is 13.9. The molecule has 3 aromatic carbocycles. The van der Waals surface area contributed by atoms with E-state index >= 15 is 0 Å². The molecule has 1 aliphatic heterocycles. The molecule has 3 aromatic rings. The minimum absolute atomic E-state index is 0.00241. The van der Waals surface area contributed by atoms with Gasteiger partial charge in [0.2, 0.25) is 5.91 Å². The van der Waals surface area contributed by atoms with Crippen LogP contribution in [0.4, 0.5) is 8.78 Å². The highest BCUT2D eigenvalue weighted by Crippen LogP contribution is 2.25. The molecule has 0 bridgehead atoms. The van der Waals surface area contributed by atoms with E-state index < -0.39 is 17.7 Å². The lowest BCUT2D eigenvalue weighted by molar-refractivity contribution is -0.133. The molecule has 1 unspecified atom stereocenters. The fraction of sp³-hybridized carbons (Fsp3) is 0.259. The predicted octanol–water partition coefficient (Wildman–Crippen LogP) is 5.55. The normalized spacial score (nSPS) is 14.9. The summed E-state index contributed by atoms with van der Waals surface area (Å²) in [6, 6.07) is 18.7. The maximum Gasteiger partial charge on any atom is 0.253 e. The standard InChI is InChI=1S/C27H25ClF2N2O3/c28-22-9-5-4-8-21(22)27(34)31-24(18-6-2-1-3-7-18)17-26(33)32-14-12-20(13-15-32)35-25-11-10-19(29)16-23(25)30/h1-11,16,20,24H,12-15,17H2,(H,31,34). The van der Waals surface area contributed by atoms with Crippen LogP contribution in [0.3, 0.4) is 0 Å². The number of nitrogens with zero attached hydrogens (tertiary/aromatic N) is 1. The molecule has 0 radical (unpaired) electrons. The number of ether oxygens (including phenoxy) is 1. The van der Waals surface area contributed by atoms with Crippen LogP contribution in [0.5, 0.6) is 5.75 Å². The fourth-order valence-electron chi connectivity index (χ4n) is 4.10. The quantitative estimate of drug-likeness (QED) is 0.464. The number of benzene rings is 3. The molecule has 1 aliphatic rings. The third-order valence-electron chi connectivity index (χ3n) is 5.99. The molecule has 1 fully saturated rings. The largest absolute Gasteiger partial charge is 0.487 e. The second kappa shape index (κ2) is 11.3. The summed E-state index contributed by atoms with van der Waals surface area (Å²) in [7, 11) is 0. The van der Waals surface area contributed by atoms with Gasteiger partial charge in [0.25, 0.3) is 5.91 Å². The van der Waals surface area contributed by atoms with Crippen molar-refractivity contribution in [2.75, 3.05) is 13.1 Å². The van der Waals surface area contributed by atoms with Gasteiger partial charge in [-0.2, -0.15) is 0 Å². The first-order valence-corrected chi connectivity index (χ1v) is 11.8. The van der Waals surface area contributed by atoms with Gasteiger partial charge in [0.1, 0.15) is 11.9 Å². The van der Waals surface area contributed by atoms with E-state index in [1.165, 1.54) is 6.07 Å². The van der Waals surface area contributed by atoms with E-state index in [2.05, 4.69) is 5.32 Å². The third kappa shape index (κ3) is 6.36. The van der Waals surface area contributed by atoms with Crippen molar-refractivity contribution in [1.82, 2.24) is 10.2 Å². The van der Waals surface area contributed by atoms with Crippen LogP contribution in [-0.2, 0) is 4.79 Å². The average molecular weight is 499 g/mol. The van der Waals surface area contributed by atoms with E-state index in [0.717, 1.165) is 17.7 Å². The zero-order valence-corrected chi connectivity index (χ0v) is 19.7. The Balaban J connectivity index is 1.38. The van der Waals surface area contributed by atoms with Crippen LogP contribution >= 0.6 is 11.6 Å². The zero-order chi connectivity index (χ0) is 24.8. The fourth-order valence-corrected chi connectivity index (χ4v) is 4.32. The van der Waals surface area contributed by atoms with Crippen molar-refractivity contribution in [2.24, 2.45) is 0 Å². The SMILES string of the molecule is O=C(NC(CC(=O)N1CCC(Oc2ccc(F)cc2F)CC1)c1ccccc1)c1ccccc1Cl. The van der Waals surface area contributed by atoms with Crippen molar-refractivity contribution in [3.05, 3.63) is 101 Å². The Morgan fingerprint density at radius 1 is 1.00 bits per heavy atom. The highest BCUT2D eigenvalue weighted by atomic mass is 35.5. The van der Waals surface area contributed by atoms with Gasteiger partial charge in [0, 0.05) is 32.0 Å². The Hall–Kier alpha value is -3.45. The molecular weight excluding hydrogens is 474 g/mol. The molecule has 1 atom stereocenters. The van der Waals surface area contributed by atoms with Gasteiger partial charge >= 0.3 is 0 Å². The summed E-state index contributed by atoms with van der Waals surface area (Å²) in [6.07, 6.45) is 0.844. The minimum atomic E-state index is -0.747. The number of hydrogen-bond acceptors (Lipinski definition) is 3. The smallest absolute Gasteiger partial charge is 0.253 e. The number of carbonyl (C=O) groups is 2. The van der Waals surface area contributed by atoms with Crippen molar-refractivity contribution in [3.63, 3.8) is 0 Å². The molecule has 1 heterocycles. The van der Waals surface area contributed by atoms with E-state index in [-0.39, 0.29) is 30.1 Å². The summed E-state index contributed by atoms with van der Waals surface area (Å²) in [5.74, 6) is -1.87. The van der Waals surface area contributed by atoms with E-state index in [0.29, 0.717) is 36.5 Å². The second-order valence-corrected chi connectivity index (χ2v) is 8.80. The van der Waals surface area contributed by atoms with Gasteiger partial charge in [-0.15, -0.1) is 0 Å². The Morgan fingerprint density at radius 2 is 1.69 bits per heavy atom. The summed E-state index contributed by atoms with van der Waals surface area (Å²) < 4.78 is 32.7. The molecule has 2 amide bonds. The molecule has 0 aliphatic carbocycles. The number of piperidine rings is 1. The lowest BCUT2D eigenvalue weighted by atomic mass is 10.0. The molecule has 0 saturated carbocycles. The topological polar surface area (TPSA) is 58.6 Å². The van der Waals surface area contributed by atoms with Gasteiger partial charge in [0.15, 0.2) is 11.6 Å². The molecule has 5 nitrogen and oxygen atoms in total. The van der Waals surface area contributed by atoms with Crippen LogP contribution < -0.4 is 10.1 Å². The van der Waals surface area contributed by atoms with E-state index in [1.807, 2.05) is 30.3 Å². The molecule has 4 rings (SSSR count). The van der Waals surface area contributed by atoms with Gasteiger partial charge in [-0.25, -0.2) is 8.78 Å². The predicted molar refractivity (Wildman–Crippen MR) is 129 cm³/mol. The van der Waals surface area contributed by atoms with Crippen molar-refractivity contribution in [3.8, 4) is 5.75 Å². The average Bonchev–Trinajstić information content (AvgIpc) is 2.86. The maximum atomic E-state index is 13.9. The third-order valence-corrected chi connectivity index (χ3v) is 6.32. The number of rotatable bonds is 7.